The van der Waals surface area contributed by atoms with Crippen molar-refractivity contribution < 1.29 is 0 Å². The molecule has 0 saturated heterocycles. The highest BCUT2D eigenvalue weighted by Gasteiger charge is 2.13. The van der Waals surface area contributed by atoms with Gasteiger partial charge in [0.2, 0.25) is 0 Å². The summed E-state index contributed by atoms with van der Waals surface area (Å²) in [5, 5.41) is 4.49. The molecule has 0 amide bonds. The Balaban J connectivity index is 2.60. The predicted molar refractivity (Wildman–Crippen MR) is 70.8 cm³/mol. The molecule has 15 heavy (non-hydrogen) atoms. The minimum absolute atomic E-state index is 0.308. The third kappa shape index (κ3) is 2.36. The fourth-order valence-electron chi connectivity index (χ4n) is 0.956. The van der Waals surface area contributed by atoms with Crippen LogP contribution >= 0.6 is 66.4 Å². The van der Waals surface area contributed by atoms with E-state index in [2.05, 4.69) is 41.8 Å². The maximum atomic E-state index is 5.89. The second-order valence-corrected chi connectivity index (χ2v) is 5.68. The van der Waals surface area contributed by atoms with Gasteiger partial charge in [-0.1, -0.05) is 23.2 Å². The van der Waals surface area contributed by atoms with Crippen molar-refractivity contribution in [1.82, 2.24) is 9.97 Å². The molecule has 0 spiro atoms. The third-order valence-corrected chi connectivity index (χ3v) is 5.08. The Labute approximate surface area is 117 Å². The maximum absolute atomic E-state index is 5.89. The van der Waals surface area contributed by atoms with Crippen LogP contribution in [0.3, 0.4) is 0 Å². The highest BCUT2D eigenvalue weighted by molar-refractivity contribution is 9.11. The molecule has 2 aromatic heterocycles. The molecule has 0 unspecified atom stereocenters. The quantitative estimate of drug-likeness (QED) is 0.640. The average molecular weight is 389 g/mol. The van der Waals surface area contributed by atoms with Gasteiger partial charge in [0.25, 0.3) is 0 Å². The van der Waals surface area contributed by atoms with Crippen LogP contribution in [0.15, 0.2) is 19.7 Å². The van der Waals surface area contributed by atoms with Crippen LogP contribution in [-0.2, 0) is 0 Å². The van der Waals surface area contributed by atoms with E-state index in [4.69, 9.17) is 23.2 Å². The Morgan fingerprint density at radius 1 is 1.07 bits per heavy atom. The summed E-state index contributed by atoms with van der Waals surface area (Å²) in [7, 11) is 0. The van der Waals surface area contributed by atoms with Gasteiger partial charge in [-0.05, 0) is 31.9 Å². The Kier molecular flexibility index (Phi) is 3.67. The fourth-order valence-corrected chi connectivity index (χ4v) is 2.97. The Morgan fingerprint density at radius 3 is 2.13 bits per heavy atom. The maximum Gasteiger partial charge on any atom is 0.164 e. The van der Waals surface area contributed by atoms with Gasteiger partial charge in [-0.25, -0.2) is 9.97 Å². The van der Waals surface area contributed by atoms with Crippen LogP contribution in [0.2, 0.25) is 10.3 Å². The van der Waals surface area contributed by atoms with E-state index in [1.165, 1.54) is 0 Å². The van der Waals surface area contributed by atoms with E-state index >= 15 is 0 Å². The molecule has 2 nitrogen and oxygen atoms in total. The minimum Gasteiger partial charge on any atom is -0.215 e. The van der Waals surface area contributed by atoms with Gasteiger partial charge in [0.15, 0.2) is 5.82 Å². The molecule has 2 aromatic rings. The van der Waals surface area contributed by atoms with Crippen molar-refractivity contribution in [1.29, 1.82) is 0 Å². The summed E-state index contributed by atoms with van der Waals surface area (Å²) in [5.41, 5.74) is 0.885. The monoisotopic (exact) mass is 386 g/mol. The molecule has 0 N–H and O–H groups in total. The molecule has 0 saturated carbocycles. The molecule has 0 aliphatic heterocycles. The van der Waals surface area contributed by atoms with Gasteiger partial charge in [-0.15, -0.1) is 0 Å². The third-order valence-electron chi connectivity index (χ3n) is 1.63. The second-order valence-electron chi connectivity index (χ2n) is 2.58. The largest absolute Gasteiger partial charge is 0.215 e. The van der Waals surface area contributed by atoms with Crippen molar-refractivity contribution in [3.63, 3.8) is 0 Å². The average Bonchev–Trinajstić information content (AvgIpc) is 2.60. The minimum atomic E-state index is 0.308. The Bertz CT molecular complexity index is 492. The van der Waals surface area contributed by atoms with Crippen LogP contribution in [0.4, 0.5) is 0 Å². The Morgan fingerprint density at radius 2 is 1.67 bits per heavy atom. The van der Waals surface area contributed by atoms with E-state index in [1.807, 2.05) is 10.8 Å². The zero-order valence-electron chi connectivity index (χ0n) is 6.97. The molecule has 2 heterocycles. The molecule has 78 valence electrons. The van der Waals surface area contributed by atoms with Crippen molar-refractivity contribution >= 4 is 66.4 Å². The van der Waals surface area contributed by atoms with E-state index in [-0.39, 0.29) is 0 Å². The van der Waals surface area contributed by atoms with Crippen LogP contribution in [0, 0.1) is 0 Å². The molecule has 0 aliphatic rings. The number of hydrogen-bond donors (Lipinski definition) is 0. The van der Waals surface area contributed by atoms with Gasteiger partial charge in [0.1, 0.15) is 10.3 Å². The first-order chi connectivity index (χ1) is 7.09. The lowest BCUT2D eigenvalue weighted by Gasteiger charge is -2.02. The summed E-state index contributed by atoms with van der Waals surface area (Å²) < 4.78 is 1.45. The van der Waals surface area contributed by atoms with E-state index in [1.54, 1.807) is 11.3 Å². The second kappa shape index (κ2) is 4.67. The van der Waals surface area contributed by atoms with E-state index in [0.29, 0.717) is 20.6 Å². The number of hydrogen-bond acceptors (Lipinski definition) is 3. The molecule has 0 atom stereocenters. The smallest absolute Gasteiger partial charge is 0.164 e. The highest BCUT2D eigenvalue weighted by Crippen LogP contribution is 2.34. The first-order valence-corrected chi connectivity index (χ1v) is 6.98. The van der Waals surface area contributed by atoms with Crippen molar-refractivity contribution in [3.05, 3.63) is 30.0 Å². The van der Waals surface area contributed by atoms with Gasteiger partial charge >= 0.3 is 0 Å². The zero-order valence-corrected chi connectivity index (χ0v) is 12.5. The summed E-state index contributed by atoms with van der Waals surface area (Å²) >= 11 is 19.9. The van der Waals surface area contributed by atoms with Crippen LogP contribution < -0.4 is 0 Å². The lowest BCUT2D eigenvalue weighted by atomic mass is 10.3. The molecule has 0 aliphatic carbocycles. The topological polar surface area (TPSA) is 25.8 Å². The lowest BCUT2D eigenvalue weighted by Crippen LogP contribution is -1.91. The van der Waals surface area contributed by atoms with Gasteiger partial charge in [0, 0.05) is 20.8 Å². The van der Waals surface area contributed by atoms with Crippen LogP contribution in [0.1, 0.15) is 0 Å². The van der Waals surface area contributed by atoms with E-state index < -0.39 is 0 Å². The zero-order chi connectivity index (χ0) is 11.0. The molecule has 0 aromatic carbocycles. The summed E-state index contributed by atoms with van der Waals surface area (Å²) in [6, 6.07) is 0. The van der Waals surface area contributed by atoms with Crippen molar-refractivity contribution in [3.8, 4) is 11.4 Å². The summed E-state index contributed by atoms with van der Waals surface area (Å²) in [6.07, 6.45) is 0. The van der Waals surface area contributed by atoms with Gasteiger partial charge < -0.3 is 0 Å². The molecule has 7 heteroatoms. The van der Waals surface area contributed by atoms with Crippen LogP contribution in [-0.4, -0.2) is 9.97 Å². The van der Waals surface area contributed by atoms with E-state index in [0.717, 1.165) is 10.0 Å². The number of nitrogens with zero attached hydrogens (tertiary/aromatic N) is 2. The predicted octanol–water partition coefficient (Wildman–Crippen LogP) is 5.04. The number of rotatable bonds is 1. The van der Waals surface area contributed by atoms with Crippen molar-refractivity contribution in [2.75, 3.05) is 0 Å². The summed E-state index contributed by atoms with van der Waals surface area (Å²) in [5.74, 6) is 0.515. The molecular weight excluding hydrogens is 387 g/mol. The lowest BCUT2D eigenvalue weighted by molar-refractivity contribution is 1.16. The van der Waals surface area contributed by atoms with Gasteiger partial charge in [-0.2, -0.15) is 11.3 Å². The van der Waals surface area contributed by atoms with Gasteiger partial charge in [-0.3, -0.25) is 0 Å². The summed E-state index contributed by atoms with van der Waals surface area (Å²) in [4.78, 5) is 8.27. The molecule has 0 fully saturated rings. The van der Waals surface area contributed by atoms with Crippen molar-refractivity contribution in [2.45, 2.75) is 0 Å². The number of halogens is 4. The van der Waals surface area contributed by atoms with E-state index in [9.17, 15) is 0 Å². The normalized spacial score (nSPS) is 10.7. The van der Waals surface area contributed by atoms with Crippen molar-refractivity contribution in [2.24, 2.45) is 0 Å². The molecule has 2 rings (SSSR count). The molecule has 0 bridgehead atoms. The van der Waals surface area contributed by atoms with Gasteiger partial charge in [0.05, 0.1) is 4.47 Å². The Hall–Kier alpha value is 0.320. The number of aromatic nitrogens is 2. The van der Waals surface area contributed by atoms with Crippen LogP contribution in [0.25, 0.3) is 11.4 Å². The first-order valence-electron chi connectivity index (χ1n) is 3.70. The SMILES string of the molecule is Clc1nc(-c2cscc2Br)nc(Cl)c1Br. The summed E-state index contributed by atoms with van der Waals surface area (Å²) in [6.45, 7) is 0. The molecular formula is C8H2Br2Cl2N2S. The standard InChI is InChI=1S/C8H2Br2Cl2N2S/c9-4-2-15-1-3(4)8-13-6(11)5(10)7(12)14-8/h1-2H. The number of thiophene rings is 1. The highest BCUT2D eigenvalue weighted by atomic mass is 79.9. The van der Waals surface area contributed by atoms with Crippen LogP contribution in [0.5, 0.6) is 0 Å². The fraction of sp³-hybridized carbons (Fsp3) is 0. The first kappa shape index (κ1) is 11.8. The molecule has 0 radical (unpaired) electrons.